The number of carbonyl (C=O) groups excluding carboxylic acids is 1. The summed E-state index contributed by atoms with van der Waals surface area (Å²) in [6.45, 7) is 2.66. The van der Waals surface area contributed by atoms with Gasteiger partial charge >= 0.3 is 0 Å². The fourth-order valence-electron chi connectivity index (χ4n) is 1.98. The second kappa shape index (κ2) is 8.04. The second-order valence-corrected chi connectivity index (χ2v) is 4.87. The fourth-order valence-corrected chi connectivity index (χ4v) is 1.98. The quantitative estimate of drug-likeness (QED) is 0.795. The number of pyridine rings is 1. The summed E-state index contributed by atoms with van der Waals surface area (Å²) in [5.41, 5.74) is 2.21. The molecule has 1 amide bonds. The predicted molar refractivity (Wildman–Crippen MR) is 82.2 cm³/mol. The largest absolute Gasteiger partial charge is 0.484 e. The number of benzene rings is 1. The molecule has 0 bridgehead atoms. The Balaban J connectivity index is 1.63. The lowest BCUT2D eigenvalue weighted by atomic mass is 10.1. The molecule has 0 saturated carbocycles. The van der Waals surface area contributed by atoms with E-state index in [0.717, 1.165) is 24.2 Å². The average molecular weight is 284 g/mol. The Morgan fingerprint density at radius 3 is 2.86 bits per heavy atom. The zero-order chi connectivity index (χ0) is 14.9. The molecule has 1 aromatic heterocycles. The highest BCUT2D eigenvalue weighted by Gasteiger charge is 2.03. The molecule has 0 aliphatic heterocycles. The van der Waals surface area contributed by atoms with Crippen molar-refractivity contribution in [3.8, 4) is 5.75 Å². The lowest BCUT2D eigenvalue weighted by molar-refractivity contribution is -0.123. The van der Waals surface area contributed by atoms with Crippen molar-refractivity contribution < 1.29 is 9.53 Å². The van der Waals surface area contributed by atoms with Gasteiger partial charge in [-0.1, -0.05) is 24.3 Å². The third-order valence-electron chi connectivity index (χ3n) is 3.14. The minimum absolute atomic E-state index is 0.0533. The molecular formula is C17H20N2O2. The molecule has 0 radical (unpaired) electrons. The number of nitrogens with one attached hydrogen (secondary N) is 1. The molecule has 110 valence electrons. The number of carbonyl (C=O) groups is 1. The van der Waals surface area contributed by atoms with Crippen LogP contribution >= 0.6 is 0 Å². The Kier molecular flexibility index (Phi) is 5.76. The number of aryl methyl sites for hydroxylation is 2. The van der Waals surface area contributed by atoms with Crippen molar-refractivity contribution in [3.63, 3.8) is 0 Å². The first-order chi connectivity index (χ1) is 10.3. The van der Waals surface area contributed by atoms with E-state index in [0.29, 0.717) is 6.54 Å². The van der Waals surface area contributed by atoms with Crippen LogP contribution < -0.4 is 10.1 Å². The maximum absolute atomic E-state index is 11.7. The van der Waals surface area contributed by atoms with Gasteiger partial charge in [-0.3, -0.25) is 9.78 Å². The number of hydrogen-bond donors (Lipinski definition) is 1. The predicted octanol–water partition coefficient (Wildman–Crippen LogP) is 2.52. The van der Waals surface area contributed by atoms with E-state index in [2.05, 4.69) is 10.3 Å². The maximum atomic E-state index is 11.7. The van der Waals surface area contributed by atoms with Gasteiger partial charge < -0.3 is 10.1 Å². The summed E-state index contributed by atoms with van der Waals surface area (Å²) in [7, 11) is 0. The first-order valence-electron chi connectivity index (χ1n) is 7.10. The Morgan fingerprint density at radius 2 is 2.10 bits per heavy atom. The zero-order valence-electron chi connectivity index (χ0n) is 12.2. The molecule has 0 aliphatic carbocycles. The molecule has 0 unspecified atom stereocenters. The SMILES string of the molecule is Cc1ccccc1OCC(=O)NCCCc1cccnc1. The van der Waals surface area contributed by atoms with Crippen LogP contribution in [-0.2, 0) is 11.2 Å². The van der Waals surface area contributed by atoms with E-state index >= 15 is 0 Å². The minimum Gasteiger partial charge on any atom is -0.484 e. The first kappa shape index (κ1) is 15.0. The van der Waals surface area contributed by atoms with Crippen LogP contribution in [0.3, 0.4) is 0 Å². The maximum Gasteiger partial charge on any atom is 0.257 e. The molecular weight excluding hydrogens is 264 g/mol. The molecule has 1 N–H and O–H groups in total. The number of para-hydroxylation sites is 1. The number of aromatic nitrogens is 1. The first-order valence-corrected chi connectivity index (χ1v) is 7.10. The van der Waals surface area contributed by atoms with Gasteiger partial charge in [-0.2, -0.15) is 0 Å². The lowest BCUT2D eigenvalue weighted by Gasteiger charge is -2.09. The Bertz CT molecular complexity index is 570. The van der Waals surface area contributed by atoms with Crippen LogP contribution in [0, 0.1) is 6.92 Å². The van der Waals surface area contributed by atoms with Crippen molar-refractivity contribution in [2.24, 2.45) is 0 Å². The van der Waals surface area contributed by atoms with E-state index in [9.17, 15) is 4.79 Å². The fraction of sp³-hybridized carbons (Fsp3) is 0.294. The van der Waals surface area contributed by atoms with Crippen molar-refractivity contribution in [3.05, 3.63) is 59.9 Å². The van der Waals surface area contributed by atoms with Gasteiger partial charge in [0, 0.05) is 18.9 Å². The van der Waals surface area contributed by atoms with Crippen LogP contribution in [0.4, 0.5) is 0 Å². The van der Waals surface area contributed by atoms with Crippen LogP contribution in [0.5, 0.6) is 5.75 Å². The summed E-state index contributed by atoms with van der Waals surface area (Å²) < 4.78 is 5.49. The molecule has 21 heavy (non-hydrogen) atoms. The zero-order valence-corrected chi connectivity index (χ0v) is 12.2. The number of hydrogen-bond acceptors (Lipinski definition) is 3. The van der Waals surface area contributed by atoms with Gasteiger partial charge in [0.25, 0.3) is 5.91 Å². The van der Waals surface area contributed by atoms with Crippen LogP contribution in [0.1, 0.15) is 17.5 Å². The summed E-state index contributed by atoms with van der Waals surface area (Å²) in [6.07, 6.45) is 5.41. The van der Waals surface area contributed by atoms with Gasteiger partial charge in [0.05, 0.1) is 0 Å². The van der Waals surface area contributed by atoms with Crippen molar-refractivity contribution in [1.29, 1.82) is 0 Å². The van der Waals surface area contributed by atoms with E-state index in [1.54, 1.807) is 6.20 Å². The lowest BCUT2D eigenvalue weighted by Crippen LogP contribution is -2.30. The van der Waals surface area contributed by atoms with Crippen LogP contribution in [0.25, 0.3) is 0 Å². The summed E-state index contributed by atoms with van der Waals surface area (Å²) in [5, 5.41) is 2.86. The molecule has 0 fully saturated rings. The highest BCUT2D eigenvalue weighted by Crippen LogP contribution is 2.15. The normalized spacial score (nSPS) is 10.1. The third kappa shape index (κ3) is 5.26. The molecule has 4 nitrogen and oxygen atoms in total. The molecule has 0 aliphatic rings. The summed E-state index contributed by atoms with van der Waals surface area (Å²) in [5.74, 6) is 0.660. The average Bonchev–Trinajstić information content (AvgIpc) is 2.52. The smallest absolute Gasteiger partial charge is 0.257 e. The van der Waals surface area contributed by atoms with Crippen molar-refractivity contribution in [2.75, 3.05) is 13.2 Å². The number of amides is 1. The van der Waals surface area contributed by atoms with Crippen molar-refractivity contribution in [2.45, 2.75) is 19.8 Å². The third-order valence-corrected chi connectivity index (χ3v) is 3.14. The molecule has 1 aromatic carbocycles. The van der Waals surface area contributed by atoms with Gasteiger partial charge in [-0.25, -0.2) is 0 Å². The van der Waals surface area contributed by atoms with E-state index in [1.165, 1.54) is 5.56 Å². The standard InChI is InChI=1S/C17H20N2O2/c1-14-6-2-3-9-16(14)21-13-17(20)19-11-5-8-15-7-4-10-18-12-15/h2-4,6-7,9-10,12H,5,8,11,13H2,1H3,(H,19,20). The number of rotatable bonds is 7. The Labute approximate surface area is 125 Å². The van der Waals surface area contributed by atoms with Gasteiger partial charge in [0.1, 0.15) is 5.75 Å². The van der Waals surface area contributed by atoms with Crippen LogP contribution in [0.15, 0.2) is 48.8 Å². The number of nitrogens with zero attached hydrogens (tertiary/aromatic N) is 1. The summed E-state index contributed by atoms with van der Waals surface area (Å²) >= 11 is 0. The molecule has 1 heterocycles. The van der Waals surface area contributed by atoms with Gasteiger partial charge in [0.15, 0.2) is 6.61 Å². The van der Waals surface area contributed by atoms with Gasteiger partial charge in [0.2, 0.25) is 0 Å². The van der Waals surface area contributed by atoms with Crippen LogP contribution in [-0.4, -0.2) is 24.0 Å². The molecule has 0 saturated heterocycles. The monoisotopic (exact) mass is 284 g/mol. The highest BCUT2D eigenvalue weighted by atomic mass is 16.5. The highest BCUT2D eigenvalue weighted by molar-refractivity contribution is 5.77. The minimum atomic E-state index is -0.0931. The van der Waals surface area contributed by atoms with Gasteiger partial charge in [-0.15, -0.1) is 0 Å². The van der Waals surface area contributed by atoms with E-state index in [1.807, 2.05) is 49.5 Å². The van der Waals surface area contributed by atoms with E-state index < -0.39 is 0 Å². The Morgan fingerprint density at radius 1 is 1.24 bits per heavy atom. The van der Waals surface area contributed by atoms with E-state index in [4.69, 9.17) is 4.74 Å². The molecule has 2 rings (SSSR count). The topological polar surface area (TPSA) is 51.2 Å². The number of ether oxygens (including phenoxy) is 1. The molecule has 0 atom stereocenters. The molecule has 4 heteroatoms. The molecule has 0 spiro atoms. The summed E-state index contributed by atoms with van der Waals surface area (Å²) in [4.78, 5) is 15.8. The molecule has 2 aromatic rings. The van der Waals surface area contributed by atoms with Crippen molar-refractivity contribution >= 4 is 5.91 Å². The Hall–Kier alpha value is -2.36. The van der Waals surface area contributed by atoms with Crippen molar-refractivity contribution in [1.82, 2.24) is 10.3 Å². The van der Waals surface area contributed by atoms with E-state index in [-0.39, 0.29) is 12.5 Å². The van der Waals surface area contributed by atoms with Crippen LogP contribution in [0.2, 0.25) is 0 Å². The van der Waals surface area contributed by atoms with Gasteiger partial charge in [-0.05, 0) is 43.0 Å². The summed E-state index contributed by atoms with van der Waals surface area (Å²) in [6, 6.07) is 11.6. The second-order valence-electron chi connectivity index (χ2n) is 4.87.